The number of hydrogen-bond donors (Lipinski definition) is 3. The van der Waals surface area contributed by atoms with Crippen LogP contribution in [0.3, 0.4) is 0 Å². The first-order chi connectivity index (χ1) is 8.29. The van der Waals surface area contributed by atoms with Crippen molar-refractivity contribution in [1.82, 2.24) is 10.6 Å². The van der Waals surface area contributed by atoms with Crippen LogP contribution in [0.2, 0.25) is 5.02 Å². The Kier molecular flexibility index (Phi) is 4.99. The Hall–Kier alpha value is -1.26. The number of aromatic hydroxyl groups is 1. The number of hydrogen-bond acceptors (Lipinski definition) is 3. The molecule has 100 valence electrons. The first-order valence-electron chi connectivity index (χ1n) is 5.77. The zero-order valence-corrected chi connectivity index (χ0v) is 11.6. The molecule has 0 bridgehead atoms. The van der Waals surface area contributed by atoms with E-state index in [4.69, 9.17) is 11.6 Å². The third-order valence-corrected chi connectivity index (χ3v) is 2.55. The molecule has 1 aromatic rings. The number of halogens is 1. The smallest absolute Gasteiger partial charge is 0.234 e. The number of amides is 1. The second kappa shape index (κ2) is 6.07. The third kappa shape index (κ3) is 4.94. The summed E-state index contributed by atoms with van der Waals surface area (Å²) < 4.78 is 0. The molecule has 0 aromatic heterocycles. The number of nitrogens with one attached hydrogen (secondary N) is 2. The zero-order chi connectivity index (χ0) is 13.8. The molecule has 1 aromatic carbocycles. The van der Waals surface area contributed by atoms with E-state index < -0.39 is 0 Å². The van der Waals surface area contributed by atoms with Crippen molar-refractivity contribution in [3.63, 3.8) is 0 Å². The van der Waals surface area contributed by atoms with E-state index in [2.05, 4.69) is 10.6 Å². The second-order valence-corrected chi connectivity index (χ2v) is 5.55. The molecule has 0 radical (unpaired) electrons. The van der Waals surface area contributed by atoms with E-state index in [9.17, 15) is 9.90 Å². The van der Waals surface area contributed by atoms with Crippen LogP contribution >= 0.6 is 11.6 Å². The van der Waals surface area contributed by atoms with Crippen LogP contribution in [-0.4, -0.2) is 23.1 Å². The third-order valence-electron chi connectivity index (χ3n) is 2.20. The number of benzene rings is 1. The number of phenols is 1. The fourth-order valence-corrected chi connectivity index (χ4v) is 1.72. The maximum Gasteiger partial charge on any atom is 0.234 e. The maximum absolute atomic E-state index is 11.5. The molecule has 18 heavy (non-hydrogen) atoms. The summed E-state index contributed by atoms with van der Waals surface area (Å²) in [6, 6.07) is 4.94. The summed E-state index contributed by atoms with van der Waals surface area (Å²) in [6.07, 6.45) is 0. The molecule has 0 unspecified atom stereocenters. The topological polar surface area (TPSA) is 61.4 Å². The van der Waals surface area contributed by atoms with Gasteiger partial charge in [-0.15, -0.1) is 0 Å². The van der Waals surface area contributed by atoms with Gasteiger partial charge in [-0.05, 0) is 32.9 Å². The van der Waals surface area contributed by atoms with Gasteiger partial charge in [0, 0.05) is 22.7 Å². The van der Waals surface area contributed by atoms with Crippen molar-refractivity contribution >= 4 is 17.5 Å². The lowest BCUT2D eigenvalue weighted by molar-refractivity contribution is -0.121. The van der Waals surface area contributed by atoms with Crippen molar-refractivity contribution in [2.45, 2.75) is 32.9 Å². The van der Waals surface area contributed by atoms with Crippen molar-refractivity contribution in [3.05, 3.63) is 28.8 Å². The Bertz CT molecular complexity index is 407. The molecule has 0 heterocycles. The van der Waals surface area contributed by atoms with Crippen LogP contribution in [0.5, 0.6) is 5.75 Å². The van der Waals surface area contributed by atoms with Crippen molar-refractivity contribution in [1.29, 1.82) is 0 Å². The highest BCUT2D eigenvalue weighted by molar-refractivity contribution is 6.31. The SMILES string of the molecule is CC(C)(C)NC(=O)CNCc1c(O)cccc1Cl. The Morgan fingerprint density at radius 1 is 1.39 bits per heavy atom. The van der Waals surface area contributed by atoms with Crippen LogP contribution in [-0.2, 0) is 11.3 Å². The number of carbonyl (C=O) groups is 1. The predicted molar refractivity (Wildman–Crippen MR) is 72.7 cm³/mol. The summed E-state index contributed by atoms with van der Waals surface area (Å²) in [7, 11) is 0. The van der Waals surface area contributed by atoms with E-state index in [-0.39, 0.29) is 23.7 Å². The summed E-state index contributed by atoms with van der Waals surface area (Å²) in [5, 5.41) is 15.9. The van der Waals surface area contributed by atoms with E-state index in [1.54, 1.807) is 18.2 Å². The first-order valence-corrected chi connectivity index (χ1v) is 6.15. The Labute approximate surface area is 112 Å². The molecule has 0 spiro atoms. The van der Waals surface area contributed by atoms with Crippen LogP contribution in [0.15, 0.2) is 18.2 Å². The van der Waals surface area contributed by atoms with E-state index in [1.807, 2.05) is 20.8 Å². The van der Waals surface area contributed by atoms with Crippen LogP contribution < -0.4 is 10.6 Å². The largest absolute Gasteiger partial charge is 0.508 e. The molecule has 0 aliphatic carbocycles. The van der Waals surface area contributed by atoms with Crippen LogP contribution in [0.4, 0.5) is 0 Å². The maximum atomic E-state index is 11.5. The van der Waals surface area contributed by atoms with Gasteiger partial charge >= 0.3 is 0 Å². The average molecular weight is 271 g/mol. The minimum Gasteiger partial charge on any atom is -0.508 e. The molecular weight excluding hydrogens is 252 g/mol. The minimum absolute atomic E-state index is 0.0888. The zero-order valence-electron chi connectivity index (χ0n) is 10.9. The molecule has 0 saturated heterocycles. The Balaban J connectivity index is 2.45. The molecule has 0 saturated carbocycles. The first kappa shape index (κ1) is 14.8. The summed E-state index contributed by atoms with van der Waals surface area (Å²) in [5.41, 5.74) is 0.355. The number of carbonyl (C=O) groups excluding carboxylic acids is 1. The standard InChI is InChI=1S/C13H19ClN2O2/c1-13(2,3)16-12(18)8-15-7-9-10(14)5-4-6-11(9)17/h4-6,15,17H,7-8H2,1-3H3,(H,16,18). The van der Waals surface area contributed by atoms with Crippen molar-refractivity contribution in [3.8, 4) is 5.75 Å². The quantitative estimate of drug-likeness (QED) is 0.785. The molecular formula is C13H19ClN2O2. The van der Waals surface area contributed by atoms with Gasteiger partial charge in [0.2, 0.25) is 5.91 Å². The lowest BCUT2D eigenvalue weighted by Crippen LogP contribution is -2.44. The summed E-state index contributed by atoms with van der Waals surface area (Å²) >= 11 is 5.95. The molecule has 5 heteroatoms. The molecule has 3 N–H and O–H groups in total. The van der Waals surface area contributed by atoms with Crippen molar-refractivity contribution < 1.29 is 9.90 Å². The summed E-state index contributed by atoms with van der Waals surface area (Å²) in [4.78, 5) is 11.5. The van der Waals surface area contributed by atoms with Crippen LogP contribution in [0, 0.1) is 0 Å². The van der Waals surface area contributed by atoms with Gasteiger partial charge in [0.25, 0.3) is 0 Å². The predicted octanol–water partition coefficient (Wildman–Crippen LogP) is 2.05. The van der Waals surface area contributed by atoms with E-state index in [0.717, 1.165) is 0 Å². The van der Waals surface area contributed by atoms with E-state index >= 15 is 0 Å². The summed E-state index contributed by atoms with van der Waals surface area (Å²) in [6.45, 7) is 6.30. The number of phenolic OH excluding ortho intramolecular Hbond substituents is 1. The van der Waals surface area contributed by atoms with Gasteiger partial charge in [0.15, 0.2) is 0 Å². The Morgan fingerprint density at radius 3 is 2.61 bits per heavy atom. The molecule has 0 atom stereocenters. The van der Waals surface area contributed by atoms with Gasteiger partial charge in [0.1, 0.15) is 5.75 Å². The minimum atomic E-state index is -0.245. The highest BCUT2D eigenvalue weighted by Gasteiger charge is 2.13. The molecule has 0 aliphatic rings. The molecule has 1 rings (SSSR count). The van der Waals surface area contributed by atoms with Gasteiger partial charge in [0.05, 0.1) is 6.54 Å². The van der Waals surface area contributed by atoms with Gasteiger partial charge in [-0.3, -0.25) is 4.79 Å². The molecule has 1 amide bonds. The van der Waals surface area contributed by atoms with Gasteiger partial charge in [-0.25, -0.2) is 0 Å². The van der Waals surface area contributed by atoms with E-state index in [0.29, 0.717) is 17.1 Å². The van der Waals surface area contributed by atoms with Gasteiger partial charge in [-0.2, -0.15) is 0 Å². The monoisotopic (exact) mass is 270 g/mol. The van der Waals surface area contributed by atoms with Crippen LogP contribution in [0.1, 0.15) is 26.3 Å². The van der Waals surface area contributed by atoms with Gasteiger partial charge < -0.3 is 15.7 Å². The summed E-state index contributed by atoms with van der Waals surface area (Å²) in [5.74, 6) is 0.0419. The van der Waals surface area contributed by atoms with Crippen molar-refractivity contribution in [2.75, 3.05) is 6.54 Å². The van der Waals surface area contributed by atoms with Crippen LogP contribution in [0.25, 0.3) is 0 Å². The number of rotatable bonds is 4. The lowest BCUT2D eigenvalue weighted by atomic mass is 10.1. The fourth-order valence-electron chi connectivity index (χ4n) is 1.49. The molecule has 0 fully saturated rings. The molecule has 0 aliphatic heterocycles. The highest BCUT2D eigenvalue weighted by Crippen LogP contribution is 2.24. The van der Waals surface area contributed by atoms with Gasteiger partial charge in [-0.1, -0.05) is 17.7 Å². The Morgan fingerprint density at radius 2 is 2.06 bits per heavy atom. The van der Waals surface area contributed by atoms with E-state index in [1.165, 1.54) is 0 Å². The van der Waals surface area contributed by atoms with Crippen molar-refractivity contribution in [2.24, 2.45) is 0 Å². The normalized spacial score (nSPS) is 11.3. The lowest BCUT2D eigenvalue weighted by Gasteiger charge is -2.20. The highest BCUT2D eigenvalue weighted by atomic mass is 35.5. The molecule has 4 nitrogen and oxygen atoms in total. The average Bonchev–Trinajstić information content (AvgIpc) is 2.19. The second-order valence-electron chi connectivity index (χ2n) is 5.14. The fraction of sp³-hybridized carbons (Fsp3) is 0.462.